The third-order valence-corrected chi connectivity index (χ3v) is 3.79. The number of carbonyl (C=O) groups is 1. The smallest absolute Gasteiger partial charge is 0.212 e. The monoisotopic (exact) mass is 314 g/mol. The van der Waals surface area contributed by atoms with Gasteiger partial charge in [-0.05, 0) is 24.3 Å². The Bertz CT molecular complexity index is 1040. The second-order valence-electron chi connectivity index (χ2n) is 5.45. The van der Waals surface area contributed by atoms with E-state index in [1.807, 2.05) is 53.1 Å². The van der Waals surface area contributed by atoms with Crippen molar-refractivity contribution in [1.29, 1.82) is 0 Å². The van der Waals surface area contributed by atoms with E-state index in [0.29, 0.717) is 22.7 Å². The second kappa shape index (κ2) is 5.62. The van der Waals surface area contributed by atoms with Crippen molar-refractivity contribution >= 4 is 17.2 Å². The van der Waals surface area contributed by atoms with Gasteiger partial charge in [0.05, 0.1) is 5.69 Å². The quantitative estimate of drug-likeness (QED) is 0.589. The van der Waals surface area contributed by atoms with Crippen LogP contribution in [0.5, 0.6) is 0 Å². The van der Waals surface area contributed by atoms with E-state index in [4.69, 9.17) is 5.73 Å². The van der Waals surface area contributed by atoms with Crippen molar-refractivity contribution < 1.29 is 4.79 Å². The number of nitrogen functional groups attached to an aromatic ring is 1. The lowest BCUT2D eigenvalue weighted by Gasteiger charge is -2.02. The number of hydrogen-bond donors (Lipinski definition) is 1. The average Bonchev–Trinajstić information content (AvgIpc) is 3.05. The Morgan fingerprint density at radius 2 is 1.71 bits per heavy atom. The number of imidazole rings is 1. The third-order valence-electron chi connectivity index (χ3n) is 3.79. The Balaban J connectivity index is 1.75. The largest absolute Gasteiger partial charge is 0.384 e. The molecule has 0 aliphatic carbocycles. The molecule has 4 rings (SSSR count). The van der Waals surface area contributed by atoms with E-state index in [1.165, 1.54) is 0 Å². The van der Waals surface area contributed by atoms with E-state index < -0.39 is 0 Å². The molecule has 0 spiro atoms. The fourth-order valence-electron chi connectivity index (χ4n) is 2.60. The number of fused-ring (bicyclic) bond motifs is 1. The zero-order valence-corrected chi connectivity index (χ0v) is 12.8. The number of aromatic nitrogens is 3. The molecule has 3 heterocycles. The number of nitrogens with two attached hydrogens (primary N) is 1. The van der Waals surface area contributed by atoms with Crippen LogP contribution < -0.4 is 5.73 Å². The van der Waals surface area contributed by atoms with Crippen LogP contribution in [0.4, 0.5) is 5.82 Å². The number of pyridine rings is 2. The van der Waals surface area contributed by atoms with E-state index in [9.17, 15) is 4.79 Å². The standard InChI is InChI=1S/C19H14N4O/c20-17-8-4-7-15(21-17)14-9-10-18-22-16(12-23(18)11-14)19(24)13-5-2-1-3-6-13/h1-12H,(H2,20,21). The molecular weight excluding hydrogens is 300 g/mol. The number of nitrogens with zero attached hydrogens (tertiary/aromatic N) is 3. The van der Waals surface area contributed by atoms with Crippen LogP contribution in [0.3, 0.4) is 0 Å². The predicted octanol–water partition coefficient (Wildman–Crippen LogP) is 3.21. The van der Waals surface area contributed by atoms with Crippen LogP contribution in [0.2, 0.25) is 0 Å². The Kier molecular flexibility index (Phi) is 3.31. The zero-order chi connectivity index (χ0) is 16.5. The maximum atomic E-state index is 12.5. The molecule has 0 fully saturated rings. The van der Waals surface area contributed by atoms with Gasteiger partial charge < -0.3 is 10.1 Å². The molecule has 116 valence electrons. The molecule has 24 heavy (non-hydrogen) atoms. The minimum Gasteiger partial charge on any atom is -0.384 e. The van der Waals surface area contributed by atoms with Crippen molar-refractivity contribution in [1.82, 2.24) is 14.4 Å². The van der Waals surface area contributed by atoms with Gasteiger partial charge in [-0.15, -0.1) is 0 Å². The van der Waals surface area contributed by atoms with Crippen molar-refractivity contribution in [3.63, 3.8) is 0 Å². The number of anilines is 1. The molecular formula is C19H14N4O. The van der Waals surface area contributed by atoms with Crippen LogP contribution in [0.1, 0.15) is 16.1 Å². The summed E-state index contributed by atoms with van der Waals surface area (Å²) in [6.07, 6.45) is 3.63. The fourth-order valence-corrected chi connectivity index (χ4v) is 2.60. The summed E-state index contributed by atoms with van der Waals surface area (Å²) in [5.41, 5.74) is 9.18. The first-order valence-corrected chi connectivity index (χ1v) is 7.52. The van der Waals surface area contributed by atoms with Crippen molar-refractivity contribution in [2.24, 2.45) is 0 Å². The van der Waals surface area contributed by atoms with Crippen molar-refractivity contribution in [2.45, 2.75) is 0 Å². The van der Waals surface area contributed by atoms with Crippen LogP contribution in [-0.4, -0.2) is 20.2 Å². The van der Waals surface area contributed by atoms with Gasteiger partial charge in [0.2, 0.25) is 5.78 Å². The van der Waals surface area contributed by atoms with Crippen LogP contribution in [0.15, 0.2) is 73.1 Å². The minimum absolute atomic E-state index is 0.0945. The maximum absolute atomic E-state index is 12.5. The molecule has 0 unspecified atom stereocenters. The van der Waals surface area contributed by atoms with Crippen molar-refractivity contribution in [3.8, 4) is 11.3 Å². The summed E-state index contributed by atoms with van der Waals surface area (Å²) in [5.74, 6) is 0.376. The highest BCUT2D eigenvalue weighted by Crippen LogP contribution is 2.20. The van der Waals surface area contributed by atoms with Gasteiger partial charge in [-0.25, -0.2) is 9.97 Å². The van der Waals surface area contributed by atoms with Gasteiger partial charge in [-0.1, -0.05) is 36.4 Å². The first kappa shape index (κ1) is 14.1. The molecule has 1 aromatic carbocycles. The summed E-state index contributed by atoms with van der Waals surface area (Å²) in [7, 11) is 0. The number of carbonyl (C=O) groups excluding carboxylic acids is 1. The molecule has 5 heteroatoms. The lowest BCUT2D eigenvalue weighted by molar-refractivity contribution is 0.103. The van der Waals surface area contributed by atoms with Gasteiger partial charge in [0.25, 0.3) is 0 Å². The summed E-state index contributed by atoms with van der Waals surface area (Å²) in [6.45, 7) is 0. The molecule has 0 aliphatic heterocycles. The predicted molar refractivity (Wildman–Crippen MR) is 92.7 cm³/mol. The normalized spacial score (nSPS) is 10.8. The topological polar surface area (TPSA) is 73.3 Å². The van der Waals surface area contributed by atoms with Crippen molar-refractivity contribution in [2.75, 3.05) is 5.73 Å². The molecule has 0 aliphatic rings. The minimum atomic E-state index is -0.0945. The number of ketones is 1. The molecule has 0 bridgehead atoms. The van der Waals surface area contributed by atoms with Crippen LogP contribution >= 0.6 is 0 Å². The SMILES string of the molecule is Nc1cccc(-c2ccc3nc(C(=O)c4ccccc4)cn3c2)n1. The lowest BCUT2D eigenvalue weighted by atomic mass is 10.1. The molecule has 3 aromatic heterocycles. The molecule has 0 amide bonds. The second-order valence-corrected chi connectivity index (χ2v) is 5.45. The van der Waals surface area contributed by atoms with Gasteiger partial charge >= 0.3 is 0 Å². The van der Waals surface area contributed by atoms with E-state index in [2.05, 4.69) is 9.97 Å². The van der Waals surface area contributed by atoms with Gasteiger partial charge in [0.1, 0.15) is 17.2 Å². The summed E-state index contributed by atoms with van der Waals surface area (Å²) in [5, 5.41) is 0. The van der Waals surface area contributed by atoms with Crippen LogP contribution in [0.25, 0.3) is 16.9 Å². The van der Waals surface area contributed by atoms with E-state index in [1.54, 1.807) is 24.4 Å². The van der Waals surface area contributed by atoms with Gasteiger partial charge in [0.15, 0.2) is 0 Å². The van der Waals surface area contributed by atoms with E-state index >= 15 is 0 Å². The molecule has 0 atom stereocenters. The Morgan fingerprint density at radius 3 is 2.50 bits per heavy atom. The maximum Gasteiger partial charge on any atom is 0.212 e. The lowest BCUT2D eigenvalue weighted by Crippen LogP contribution is -2.00. The van der Waals surface area contributed by atoms with Crippen LogP contribution in [-0.2, 0) is 0 Å². The molecule has 0 saturated carbocycles. The highest BCUT2D eigenvalue weighted by Gasteiger charge is 2.13. The Labute approximate surface area is 138 Å². The number of rotatable bonds is 3. The first-order valence-electron chi connectivity index (χ1n) is 7.52. The zero-order valence-electron chi connectivity index (χ0n) is 12.8. The molecule has 0 saturated heterocycles. The summed E-state index contributed by atoms with van der Waals surface area (Å²) in [6, 6.07) is 18.4. The summed E-state index contributed by atoms with van der Waals surface area (Å²) in [4.78, 5) is 21.2. The Hall–Kier alpha value is -3.47. The molecule has 4 aromatic rings. The third kappa shape index (κ3) is 2.52. The number of hydrogen-bond acceptors (Lipinski definition) is 4. The highest BCUT2D eigenvalue weighted by atomic mass is 16.1. The summed E-state index contributed by atoms with van der Waals surface area (Å²) >= 11 is 0. The Morgan fingerprint density at radius 1 is 0.875 bits per heavy atom. The summed E-state index contributed by atoms with van der Waals surface area (Å²) < 4.78 is 1.83. The first-order chi connectivity index (χ1) is 11.7. The number of benzene rings is 1. The fraction of sp³-hybridized carbons (Fsp3) is 0. The molecule has 0 radical (unpaired) electrons. The van der Waals surface area contributed by atoms with E-state index in [-0.39, 0.29) is 5.78 Å². The van der Waals surface area contributed by atoms with Gasteiger partial charge in [-0.3, -0.25) is 4.79 Å². The average molecular weight is 314 g/mol. The van der Waals surface area contributed by atoms with Gasteiger partial charge in [0, 0.05) is 23.5 Å². The highest BCUT2D eigenvalue weighted by molar-refractivity contribution is 6.07. The van der Waals surface area contributed by atoms with Gasteiger partial charge in [-0.2, -0.15) is 0 Å². The van der Waals surface area contributed by atoms with E-state index in [0.717, 1.165) is 11.3 Å². The van der Waals surface area contributed by atoms with Crippen molar-refractivity contribution in [3.05, 3.63) is 84.3 Å². The molecule has 2 N–H and O–H groups in total. The molecule has 5 nitrogen and oxygen atoms in total. The van der Waals surface area contributed by atoms with Crippen LogP contribution in [0, 0.1) is 0 Å².